The van der Waals surface area contributed by atoms with E-state index in [9.17, 15) is 14.7 Å². The van der Waals surface area contributed by atoms with E-state index in [1.165, 1.54) is 5.56 Å². The van der Waals surface area contributed by atoms with Gasteiger partial charge >= 0.3 is 0 Å². The summed E-state index contributed by atoms with van der Waals surface area (Å²) in [5.74, 6) is 0.404. The maximum Gasteiger partial charge on any atom is 0.262 e. The number of phenols is 1. The van der Waals surface area contributed by atoms with Gasteiger partial charge in [-0.1, -0.05) is 43.2 Å². The van der Waals surface area contributed by atoms with Gasteiger partial charge in [0, 0.05) is 36.9 Å². The predicted molar refractivity (Wildman–Crippen MR) is 170 cm³/mol. The highest BCUT2D eigenvalue weighted by Crippen LogP contribution is 2.39. The second-order valence-electron chi connectivity index (χ2n) is 11.9. The molecule has 1 aliphatic heterocycles. The van der Waals surface area contributed by atoms with Crippen molar-refractivity contribution in [2.75, 3.05) is 44.8 Å². The molecule has 2 amide bonds. The number of ether oxygens (including phenoxy) is 2. The van der Waals surface area contributed by atoms with Crippen LogP contribution in [-0.4, -0.2) is 77.1 Å². The smallest absolute Gasteiger partial charge is 0.262 e. The molecule has 0 atom stereocenters. The minimum absolute atomic E-state index is 0.000372. The van der Waals surface area contributed by atoms with Crippen LogP contribution in [-0.2, 0) is 27.2 Å². The van der Waals surface area contributed by atoms with Gasteiger partial charge in [-0.3, -0.25) is 14.3 Å². The molecular weight excluding hydrogens is 558 g/mol. The van der Waals surface area contributed by atoms with E-state index < -0.39 is 0 Å². The average Bonchev–Trinajstić information content (AvgIpc) is 3.74. The van der Waals surface area contributed by atoms with Crippen LogP contribution in [0.5, 0.6) is 11.5 Å². The third-order valence-electron chi connectivity index (χ3n) is 8.40. The van der Waals surface area contributed by atoms with Crippen molar-refractivity contribution in [3.05, 3.63) is 59.9 Å². The van der Waals surface area contributed by atoms with Gasteiger partial charge in [0.2, 0.25) is 5.91 Å². The number of nitrogens with zero attached hydrogens (tertiary/aromatic N) is 3. The van der Waals surface area contributed by atoms with Crippen molar-refractivity contribution in [3.63, 3.8) is 0 Å². The molecule has 1 aromatic heterocycles. The number of rotatable bonds is 15. The number of nitrogens with one attached hydrogen (secondary N) is 2. The summed E-state index contributed by atoms with van der Waals surface area (Å²) in [6.07, 6.45) is 10.3. The molecule has 3 aromatic rings. The molecule has 0 radical (unpaired) electrons. The van der Waals surface area contributed by atoms with Crippen molar-refractivity contribution in [2.45, 2.75) is 70.9 Å². The molecule has 1 saturated carbocycles. The van der Waals surface area contributed by atoms with E-state index in [2.05, 4.69) is 60.0 Å². The van der Waals surface area contributed by atoms with Crippen molar-refractivity contribution in [1.29, 1.82) is 0 Å². The van der Waals surface area contributed by atoms with Gasteiger partial charge in [-0.25, -0.2) is 0 Å². The standard InChI is InChI=1S/C34H45N5O5/c1-24(2)39-22-28(21-36-39)27-7-5-6-25(20-27)13-18-43-19-14-32(42)38(29-8-3-4-9-29)17-16-35-15-12-26-10-11-30(40)33-34(26)44-23-31(41)37-33/h5-7,10-11,20-22,24,29,35,40H,3-4,8-9,12-19,23H2,1-2H3,(H,37,41). The fourth-order valence-corrected chi connectivity index (χ4v) is 5.96. The Morgan fingerprint density at radius 2 is 2.00 bits per heavy atom. The van der Waals surface area contributed by atoms with Crippen LogP contribution in [0, 0.1) is 0 Å². The summed E-state index contributed by atoms with van der Waals surface area (Å²) in [5.41, 5.74) is 4.71. The monoisotopic (exact) mass is 603 g/mol. The van der Waals surface area contributed by atoms with Crippen LogP contribution in [0.15, 0.2) is 48.8 Å². The molecule has 5 rings (SSSR count). The van der Waals surface area contributed by atoms with Crippen LogP contribution in [0.3, 0.4) is 0 Å². The summed E-state index contributed by atoms with van der Waals surface area (Å²) < 4.78 is 13.5. The Balaban J connectivity index is 1.04. The van der Waals surface area contributed by atoms with Crippen LogP contribution >= 0.6 is 0 Å². The number of amides is 2. The van der Waals surface area contributed by atoms with E-state index >= 15 is 0 Å². The lowest BCUT2D eigenvalue weighted by Crippen LogP contribution is -2.43. The van der Waals surface area contributed by atoms with E-state index in [0.29, 0.717) is 69.2 Å². The lowest BCUT2D eigenvalue weighted by Gasteiger charge is -2.29. The van der Waals surface area contributed by atoms with Crippen LogP contribution < -0.4 is 15.4 Å². The second-order valence-corrected chi connectivity index (χ2v) is 11.9. The summed E-state index contributed by atoms with van der Waals surface area (Å²) in [5, 5.41) is 20.7. The van der Waals surface area contributed by atoms with Crippen LogP contribution in [0.2, 0.25) is 0 Å². The molecule has 0 spiro atoms. The molecule has 44 heavy (non-hydrogen) atoms. The van der Waals surface area contributed by atoms with Crippen LogP contribution in [0.1, 0.15) is 63.1 Å². The largest absolute Gasteiger partial charge is 0.506 e. The Morgan fingerprint density at radius 1 is 1.16 bits per heavy atom. The number of anilines is 1. The molecule has 10 heteroatoms. The molecule has 0 bridgehead atoms. The first kappa shape index (κ1) is 31.5. The fraction of sp³-hybridized carbons (Fsp3) is 0.500. The van der Waals surface area contributed by atoms with Crippen LogP contribution in [0.25, 0.3) is 11.1 Å². The fourth-order valence-electron chi connectivity index (χ4n) is 5.96. The zero-order valence-corrected chi connectivity index (χ0v) is 25.9. The molecule has 10 nitrogen and oxygen atoms in total. The van der Waals surface area contributed by atoms with Gasteiger partial charge in [-0.05, 0) is 68.8 Å². The molecule has 2 aromatic carbocycles. The molecule has 3 N–H and O–H groups in total. The molecule has 2 aliphatic rings. The van der Waals surface area contributed by atoms with Gasteiger partial charge < -0.3 is 30.1 Å². The molecule has 1 aliphatic carbocycles. The van der Waals surface area contributed by atoms with E-state index in [4.69, 9.17) is 9.47 Å². The minimum Gasteiger partial charge on any atom is -0.506 e. The van der Waals surface area contributed by atoms with E-state index in [-0.39, 0.29) is 24.2 Å². The van der Waals surface area contributed by atoms with Crippen molar-refractivity contribution in [1.82, 2.24) is 20.0 Å². The first-order chi connectivity index (χ1) is 21.4. The lowest BCUT2D eigenvalue weighted by molar-refractivity contribution is -0.134. The lowest BCUT2D eigenvalue weighted by atomic mass is 10.0. The third kappa shape index (κ3) is 8.18. The number of fused-ring (bicyclic) bond motifs is 1. The minimum atomic E-state index is -0.276. The number of aromatic hydroxyl groups is 1. The van der Waals surface area contributed by atoms with Gasteiger partial charge in [-0.2, -0.15) is 5.10 Å². The van der Waals surface area contributed by atoms with Crippen molar-refractivity contribution in [2.24, 2.45) is 0 Å². The molecule has 1 fully saturated rings. The first-order valence-corrected chi connectivity index (χ1v) is 15.9. The number of carbonyl (C=O) groups is 2. The number of carbonyl (C=O) groups excluding carboxylic acids is 2. The summed E-state index contributed by atoms with van der Waals surface area (Å²) in [7, 11) is 0. The van der Waals surface area contributed by atoms with Gasteiger partial charge in [0.05, 0.1) is 25.8 Å². The van der Waals surface area contributed by atoms with Gasteiger partial charge in [0.15, 0.2) is 12.4 Å². The zero-order valence-electron chi connectivity index (χ0n) is 25.9. The normalized spacial score (nSPS) is 14.8. The van der Waals surface area contributed by atoms with E-state index in [0.717, 1.165) is 48.8 Å². The Hall–Kier alpha value is -3.89. The summed E-state index contributed by atoms with van der Waals surface area (Å²) in [6.45, 7) is 7.19. The quantitative estimate of drug-likeness (QED) is 0.170. The number of hydrogen-bond donors (Lipinski definition) is 3. The maximum atomic E-state index is 13.3. The van der Waals surface area contributed by atoms with Gasteiger partial charge in [0.1, 0.15) is 11.4 Å². The van der Waals surface area contributed by atoms with Gasteiger partial charge in [0.25, 0.3) is 5.91 Å². The molecule has 0 saturated heterocycles. The number of aromatic nitrogens is 2. The molecule has 236 valence electrons. The van der Waals surface area contributed by atoms with Crippen molar-refractivity contribution < 1.29 is 24.2 Å². The molecule has 2 heterocycles. The molecular formula is C34H45N5O5. The zero-order chi connectivity index (χ0) is 30.9. The maximum absolute atomic E-state index is 13.3. The highest BCUT2D eigenvalue weighted by atomic mass is 16.5. The van der Waals surface area contributed by atoms with E-state index in [1.54, 1.807) is 6.07 Å². The predicted octanol–water partition coefficient (Wildman–Crippen LogP) is 4.72. The Bertz CT molecular complexity index is 1410. The average molecular weight is 604 g/mol. The number of hydrogen-bond acceptors (Lipinski definition) is 7. The van der Waals surface area contributed by atoms with E-state index in [1.807, 2.05) is 21.8 Å². The van der Waals surface area contributed by atoms with Crippen molar-refractivity contribution in [3.8, 4) is 22.6 Å². The van der Waals surface area contributed by atoms with Crippen LogP contribution in [0.4, 0.5) is 5.69 Å². The third-order valence-corrected chi connectivity index (χ3v) is 8.40. The summed E-state index contributed by atoms with van der Waals surface area (Å²) in [6, 6.07) is 12.5. The summed E-state index contributed by atoms with van der Waals surface area (Å²) >= 11 is 0. The first-order valence-electron chi connectivity index (χ1n) is 15.9. The Kier molecular flexibility index (Phi) is 10.9. The molecule has 0 unspecified atom stereocenters. The van der Waals surface area contributed by atoms with Crippen molar-refractivity contribution >= 4 is 17.5 Å². The number of benzene rings is 2. The Morgan fingerprint density at radius 3 is 2.80 bits per heavy atom. The topological polar surface area (TPSA) is 118 Å². The highest BCUT2D eigenvalue weighted by molar-refractivity contribution is 5.97. The number of phenolic OH excluding ortho intramolecular Hbond substituents is 1. The van der Waals surface area contributed by atoms with Gasteiger partial charge in [-0.15, -0.1) is 0 Å². The SMILES string of the molecule is CC(C)n1cc(-c2cccc(CCOCCC(=O)N(CCNCCc3ccc(O)c4c3OCC(=O)N4)C3CCCC3)c2)cn1. The summed E-state index contributed by atoms with van der Waals surface area (Å²) in [4.78, 5) is 26.9. The Labute approximate surface area is 259 Å². The second kappa shape index (κ2) is 15.2. The highest BCUT2D eigenvalue weighted by Gasteiger charge is 2.26.